The Balaban J connectivity index is 2.31. The Morgan fingerprint density at radius 2 is 1.80 bits per heavy atom. The van der Waals surface area contributed by atoms with Crippen molar-refractivity contribution < 1.29 is 0 Å². The molecule has 0 bridgehead atoms. The second-order valence-electron chi connectivity index (χ2n) is 3.98. The maximum absolute atomic E-state index is 4.26. The third-order valence-corrected chi connectivity index (χ3v) is 2.43. The number of aryl methyl sites for hydroxylation is 1. The minimum absolute atomic E-state index is 0.566. The second kappa shape index (κ2) is 3.85. The molecule has 15 heavy (non-hydrogen) atoms. The first kappa shape index (κ1) is 9.90. The lowest BCUT2D eigenvalue weighted by atomic mass is 10.0. The minimum atomic E-state index is 0.566. The maximum atomic E-state index is 4.26. The van der Waals surface area contributed by atoms with Gasteiger partial charge >= 0.3 is 0 Å². The molecular weight excluding hydrogens is 186 g/mol. The summed E-state index contributed by atoms with van der Waals surface area (Å²) in [7, 11) is 0. The quantitative estimate of drug-likeness (QED) is 0.748. The van der Waals surface area contributed by atoms with Crippen LogP contribution in [0.1, 0.15) is 31.2 Å². The van der Waals surface area contributed by atoms with Crippen LogP contribution < -0.4 is 0 Å². The van der Waals surface area contributed by atoms with Crippen molar-refractivity contribution in [3.63, 3.8) is 0 Å². The third-order valence-electron chi connectivity index (χ3n) is 2.43. The Kier molecular flexibility index (Phi) is 2.54. The molecule has 0 unspecified atom stereocenters. The predicted molar refractivity (Wildman–Crippen MR) is 60.2 cm³/mol. The number of rotatable bonds is 2. The molecule has 0 fully saturated rings. The minimum Gasteiger partial charge on any atom is -0.221 e. The van der Waals surface area contributed by atoms with Crippen molar-refractivity contribution in [1.82, 2.24) is 14.8 Å². The van der Waals surface area contributed by atoms with E-state index in [2.05, 4.69) is 48.2 Å². The highest BCUT2D eigenvalue weighted by Crippen LogP contribution is 2.16. The lowest BCUT2D eigenvalue weighted by molar-refractivity contribution is 0.846. The Hall–Kier alpha value is -1.64. The first-order valence-corrected chi connectivity index (χ1v) is 5.15. The van der Waals surface area contributed by atoms with Crippen LogP contribution in [-0.2, 0) is 0 Å². The van der Waals surface area contributed by atoms with Crippen molar-refractivity contribution in [2.24, 2.45) is 0 Å². The largest absolute Gasteiger partial charge is 0.221 e. The van der Waals surface area contributed by atoms with Crippen LogP contribution in [0.4, 0.5) is 0 Å². The zero-order valence-corrected chi connectivity index (χ0v) is 9.31. The topological polar surface area (TPSA) is 30.7 Å². The van der Waals surface area contributed by atoms with E-state index in [4.69, 9.17) is 0 Å². The van der Waals surface area contributed by atoms with Gasteiger partial charge in [0, 0.05) is 0 Å². The van der Waals surface area contributed by atoms with E-state index in [1.165, 1.54) is 5.56 Å². The maximum Gasteiger partial charge on any atom is 0.147 e. The van der Waals surface area contributed by atoms with Crippen LogP contribution in [0, 0.1) is 6.92 Å². The molecule has 1 heterocycles. The lowest BCUT2D eigenvalue weighted by Crippen LogP contribution is -1.95. The molecule has 0 aliphatic rings. The van der Waals surface area contributed by atoms with E-state index in [9.17, 15) is 0 Å². The van der Waals surface area contributed by atoms with Gasteiger partial charge in [-0.25, -0.2) is 9.67 Å². The highest BCUT2D eigenvalue weighted by Gasteiger charge is 2.01. The van der Waals surface area contributed by atoms with E-state index >= 15 is 0 Å². The van der Waals surface area contributed by atoms with Gasteiger partial charge in [0.2, 0.25) is 0 Å². The van der Waals surface area contributed by atoms with Crippen LogP contribution in [0.2, 0.25) is 0 Å². The zero-order chi connectivity index (χ0) is 10.8. The van der Waals surface area contributed by atoms with Crippen LogP contribution in [0.15, 0.2) is 30.6 Å². The van der Waals surface area contributed by atoms with Crippen molar-refractivity contribution in [2.45, 2.75) is 26.7 Å². The molecule has 2 rings (SSSR count). The Bertz CT molecular complexity index is 440. The van der Waals surface area contributed by atoms with Gasteiger partial charge in [-0.05, 0) is 30.5 Å². The van der Waals surface area contributed by atoms with Gasteiger partial charge in [-0.2, -0.15) is 5.10 Å². The van der Waals surface area contributed by atoms with Crippen molar-refractivity contribution in [1.29, 1.82) is 0 Å². The summed E-state index contributed by atoms with van der Waals surface area (Å²) < 4.78 is 1.79. The van der Waals surface area contributed by atoms with E-state index in [1.807, 2.05) is 6.92 Å². The van der Waals surface area contributed by atoms with Gasteiger partial charge in [0.1, 0.15) is 12.2 Å². The SMILES string of the molecule is Cc1ncn(-c2ccc(C(C)C)cc2)n1. The van der Waals surface area contributed by atoms with Gasteiger partial charge in [0.05, 0.1) is 5.69 Å². The molecule has 0 spiro atoms. The lowest BCUT2D eigenvalue weighted by Gasteiger charge is -2.06. The molecule has 3 nitrogen and oxygen atoms in total. The molecule has 1 aromatic heterocycles. The molecule has 0 saturated carbocycles. The van der Waals surface area contributed by atoms with Gasteiger partial charge in [0.25, 0.3) is 0 Å². The summed E-state index contributed by atoms with van der Waals surface area (Å²) in [4.78, 5) is 4.10. The van der Waals surface area contributed by atoms with Crippen LogP contribution in [-0.4, -0.2) is 14.8 Å². The molecule has 1 aromatic carbocycles. The van der Waals surface area contributed by atoms with Gasteiger partial charge in [-0.15, -0.1) is 0 Å². The number of aromatic nitrogens is 3. The fourth-order valence-electron chi connectivity index (χ4n) is 1.48. The molecule has 0 N–H and O–H groups in total. The summed E-state index contributed by atoms with van der Waals surface area (Å²) in [5.41, 5.74) is 2.40. The summed E-state index contributed by atoms with van der Waals surface area (Å²) in [6.07, 6.45) is 1.74. The van der Waals surface area contributed by atoms with E-state index < -0.39 is 0 Å². The molecular formula is C12H15N3. The summed E-state index contributed by atoms with van der Waals surface area (Å²) in [5, 5.41) is 4.26. The van der Waals surface area contributed by atoms with Crippen LogP contribution in [0.25, 0.3) is 5.69 Å². The average molecular weight is 201 g/mol. The molecule has 0 atom stereocenters. The fourth-order valence-corrected chi connectivity index (χ4v) is 1.48. The van der Waals surface area contributed by atoms with Gasteiger partial charge in [-0.1, -0.05) is 26.0 Å². The summed E-state index contributed by atoms with van der Waals surface area (Å²) in [6.45, 7) is 6.27. The molecule has 0 amide bonds. The predicted octanol–water partition coefficient (Wildman–Crippen LogP) is 2.70. The third kappa shape index (κ3) is 2.06. The second-order valence-corrected chi connectivity index (χ2v) is 3.98. The summed E-state index contributed by atoms with van der Waals surface area (Å²) in [6, 6.07) is 8.42. The smallest absolute Gasteiger partial charge is 0.147 e. The van der Waals surface area contributed by atoms with Crippen molar-refractivity contribution >= 4 is 0 Å². The molecule has 0 saturated heterocycles. The van der Waals surface area contributed by atoms with Crippen molar-refractivity contribution in [3.05, 3.63) is 42.0 Å². The van der Waals surface area contributed by atoms with E-state index in [0.29, 0.717) is 5.92 Å². The number of benzene rings is 1. The zero-order valence-electron chi connectivity index (χ0n) is 9.31. The molecule has 0 radical (unpaired) electrons. The standard InChI is InChI=1S/C12H15N3/c1-9(2)11-4-6-12(7-5-11)15-8-13-10(3)14-15/h4-9H,1-3H3. The molecule has 3 heteroatoms. The van der Waals surface area contributed by atoms with E-state index in [1.54, 1.807) is 11.0 Å². The Labute approximate surface area is 89.8 Å². The van der Waals surface area contributed by atoms with Gasteiger partial charge in [0.15, 0.2) is 0 Å². The number of nitrogens with zero attached hydrogens (tertiary/aromatic N) is 3. The Morgan fingerprint density at radius 1 is 1.13 bits per heavy atom. The molecule has 0 aliphatic carbocycles. The average Bonchev–Trinajstić information content (AvgIpc) is 2.65. The monoisotopic (exact) mass is 201 g/mol. The summed E-state index contributed by atoms with van der Waals surface area (Å²) in [5.74, 6) is 1.36. The van der Waals surface area contributed by atoms with E-state index in [0.717, 1.165) is 11.5 Å². The molecule has 0 aliphatic heterocycles. The Morgan fingerprint density at radius 3 is 2.27 bits per heavy atom. The van der Waals surface area contributed by atoms with Gasteiger partial charge in [-0.3, -0.25) is 0 Å². The summed E-state index contributed by atoms with van der Waals surface area (Å²) >= 11 is 0. The van der Waals surface area contributed by atoms with Crippen molar-refractivity contribution in [3.8, 4) is 5.69 Å². The van der Waals surface area contributed by atoms with E-state index in [-0.39, 0.29) is 0 Å². The van der Waals surface area contributed by atoms with Crippen LogP contribution in [0.5, 0.6) is 0 Å². The molecule has 78 valence electrons. The fraction of sp³-hybridized carbons (Fsp3) is 0.333. The first-order valence-electron chi connectivity index (χ1n) is 5.15. The van der Waals surface area contributed by atoms with Crippen LogP contribution in [0.3, 0.4) is 0 Å². The number of hydrogen-bond acceptors (Lipinski definition) is 2. The highest BCUT2D eigenvalue weighted by atomic mass is 15.3. The normalized spacial score (nSPS) is 10.9. The number of hydrogen-bond donors (Lipinski definition) is 0. The van der Waals surface area contributed by atoms with Gasteiger partial charge < -0.3 is 0 Å². The van der Waals surface area contributed by atoms with Crippen LogP contribution >= 0.6 is 0 Å². The highest BCUT2D eigenvalue weighted by molar-refractivity contribution is 5.34. The molecule has 2 aromatic rings. The van der Waals surface area contributed by atoms with Crippen molar-refractivity contribution in [2.75, 3.05) is 0 Å². The first-order chi connectivity index (χ1) is 7.16.